The van der Waals surface area contributed by atoms with Crippen LogP contribution in [0.5, 0.6) is 5.75 Å². The summed E-state index contributed by atoms with van der Waals surface area (Å²) in [6, 6.07) is 14.0. The molecule has 0 unspecified atom stereocenters. The van der Waals surface area contributed by atoms with E-state index in [1.54, 1.807) is 23.9 Å². The fourth-order valence-corrected chi connectivity index (χ4v) is 5.54. The molecule has 0 bridgehead atoms. The van der Waals surface area contributed by atoms with Crippen molar-refractivity contribution in [3.8, 4) is 17.2 Å². The van der Waals surface area contributed by atoms with Gasteiger partial charge in [0, 0.05) is 29.5 Å². The van der Waals surface area contributed by atoms with Crippen molar-refractivity contribution in [1.82, 2.24) is 14.5 Å². The van der Waals surface area contributed by atoms with Crippen LogP contribution >= 0.6 is 11.8 Å². The highest BCUT2D eigenvalue weighted by Gasteiger charge is 2.32. The number of piperidine rings is 1. The number of carbonyl (C=O) groups is 1. The van der Waals surface area contributed by atoms with Gasteiger partial charge in [-0.1, -0.05) is 11.2 Å². The van der Waals surface area contributed by atoms with Crippen LogP contribution in [0.1, 0.15) is 12.8 Å². The van der Waals surface area contributed by atoms with Crippen LogP contribution in [-0.2, 0) is 14.8 Å². The number of aromatic nitrogens is 2. The van der Waals surface area contributed by atoms with Gasteiger partial charge in [0.1, 0.15) is 5.75 Å². The monoisotopic (exact) mass is 488 g/mol. The highest BCUT2D eigenvalue weighted by Crippen LogP contribution is 2.27. The molecular formula is C22H24N4O5S2. The second kappa shape index (κ2) is 9.94. The number of amides is 1. The van der Waals surface area contributed by atoms with Gasteiger partial charge in [-0.05, 0) is 61.6 Å². The largest absolute Gasteiger partial charge is 0.497 e. The molecule has 9 nitrogen and oxygen atoms in total. The molecule has 0 atom stereocenters. The van der Waals surface area contributed by atoms with Gasteiger partial charge in [-0.2, -0.15) is 4.31 Å². The Bertz CT molecular complexity index is 1220. The maximum atomic E-state index is 12.9. The van der Waals surface area contributed by atoms with Gasteiger partial charge in [-0.3, -0.25) is 10.1 Å². The van der Waals surface area contributed by atoms with E-state index in [2.05, 4.69) is 15.5 Å². The smallest absolute Gasteiger partial charge is 0.322 e. The summed E-state index contributed by atoms with van der Waals surface area (Å²) in [5.41, 5.74) is 0.770. The molecule has 0 spiro atoms. The molecule has 1 aromatic heterocycles. The molecule has 0 saturated carbocycles. The first kappa shape index (κ1) is 23.3. The van der Waals surface area contributed by atoms with Crippen molar-refractivity contribution in [2.45, 2.75) is 22.6 Å². The highest BCUT2D eigenvalue weighted by molar-refractivity contribution is 7.98. The van der Waals surface area contributed by atoms with E-state index in [1.807, 2.05) is 30.5 Å². The minimum Gasteiger partial charge on any atom is -0.497 e. The quantitative estimate of drug-likeness (QED) is 0.503. The molecule has 1 aliphatic rings. The van der Waals surface area contributed by atoms with E-state index in [0.29, 0.717) is 24.5 Å². The van der Waals surface area contributed by atoms with E-state index >= 15 is 0 Å². The van der Waals surface area contributed by atoms with Gasteiger partial charge in [0.05, 0.1) is 12.0 Å². The summed E-state index contributed by atoms with van der Waals surface area (Å²) < 4.78 is 37.9. The van der Waals surface area contributed by atoms with Crippen molar-refractivity contribution in [2.24, 2.45) is 5.92 Å². The molecule has 1 aliphatic heterocycles. The molecule has 0 aliphatic carbocycles. The van der Waals surface area contributed by atoms with Crippen LogP contribution in [0.15, 0.2) is 62.7 Å². The molecule has 1 N–H and O–H groups in total. The number of benzene rings is 2. The predicted molar refractivity (Wildman–Crippen MR) is 125 cm³/mol. The molecule has 0 radical (unpaired) electrons. The average Bonchev–Trinajstić information content (AvgIpc) is 3.32. The Morgan fingerprint density at radius 1 is 1.15 bits per heavy atom. The molecule has 1 saturated heterocycles. The number of anilines is 1. The van der Waals surface area contributed by atoms with Gasteiger partial charge in [0.2, 0.25) is 21.8 Å². The van der Waals surface area contributed by atoms with E-state index in [0.717, 1.165) is 10.5 Å². The fourth-order valence-electron chi connectivity index (χ4n) is 3.61. The summed E-state index contributed by atoms with van der Waals surface area (Å²) in [6.07, 6.45) is 2.78. The number of rotatable bonds is 7. The van der Waals surface area contributed by atoms with Gasteiger partial charge in [-0.15, -0.1) is 16.9 Å². The lowest BCUT2D eigenvalue weighted by Gasteiger charge is -2.30. The summed E-state index contributed by atoms with van der Waals surface area (Å²) in [7, 11) is -2.10. The highest BCUT2D eigenvalue weighted by atomic mass is 32.2. The molecule has 2 heterocycles. The minimum absolute atomic E-state index is 0.0258. The zero-order valence-corrected chi connectivity index (χ0v) is 19.9. The van der Waals surface area contributed by atoms with Crippen LogP contribution in [0.3, 0.4) is 0 Å². The number of hydrogen-bond acceptors (Lipinski definition) is 8. The molecule has 1 fully saturated rings. The molecule has 174 valence electrons. The standard InChI is InChI=1S/C22H24N4O5S2/c1-30-17-6-8-19(9-7-17)33(28,29)26-12-10-15(11-13-26)20(27)23-22-25-24-21(31-22)16-4-3-5-18(14-16)32-2/h3-9,14-15H,10-13H2,1-2H3,(H,23,25,27). The van der Waals surface area contributed by atoms with E-state index in [-0.39, 0.29) is 35.8 Å². The lowest BCUT2D eigenvalue weighted by atomic mass is 9.97. The van der Waals surface area contributed by atoms with Gasteiger partial charge >= 0.3 is 6.01 Å². The predicted octanol–water partition coefficient (Wildman–Crippen LogP) is 3.51. The van der Waals surface area contributed by atoms with E-state index < -0.39 is 10.0 Å². The third kappa shape index (κ3) is 5.21. The lowest BCUT2D eigenvalue weighted by Crippen LogP contribution is -2.41. The Balaban J connectivity index is 1.35. The first-order chi connectivity index (χ1) is 15.9. The molecule has 33 heavy (non-hydrogen) atoms. The molecular weight excluding hydrogens is 464 g/mol. The number of sulfonamides is 1. The fraction of sp³-hybridized carbons (Fsp3) is 0.318. The third-order valence-corrected chi connectivity index (χ3v) is 8.13. The molecule has 11 heteroatoms. The number of nitrogens with one attached hydrogen (secondary N) is 1. The van der Waals surface area contributed by atoms with E-state index in [4.69, 9.17) is 9.15 Å². The summed E-state index contributed by atoms with van der Waals surface area (Å²) in [6.45, 7) is 0.506. The van der Waals surface area contributed by atoms with Crippen molar-refractivity contribution < 1.29 is 22.4 Å². The maximum Gasteiger partial charge on any atom is 0.322 e. The number of hydrogen-bond donors (Lipinski definition) is 1. The first-order valence-corrected chi connectivity index (χ1v) is 13.0. The average molecular weight is 489 g/mol. The summed E-state index contributed by atoms with van der Waals surface area (Å²) in [4.78, 5) is 14.0. The van der Waals surface area contributed by atoms with Crippen LogP contribution < -0.4 is 10.1 Å². The Kier molecular flexibility index (Phi) is 7.01. The number of ether oxygens (including phenoxy) is 1. The minimum atomic E-state index is -3.62. The SMILES string of the molecule is COc1ccc(S(=O)(=O)N2CCC(C(=O)Nc3nnc(-c4cccc(SC)c4)o3)CC2)cc1. The van der Waals surface area contributed by atoms with E-state index in [9.17, 15) is 13.2 Å². The zero-order valence-electron chi connectivity index (χ0n) is 18.2. The van der Waals surface area contributed by atoms with Crippen molar-refractivity contribution in [1.29, 1.82) is 0 Å². The normalized spacial score (nSPS) is 15.3. The Morgan fingerprint density at radius 2 is 1.88 bits per heavy atom. The van der Waals surface area contributed by atoms with Crippen LogP contribution in [0.4, 0.5) is 6.01 Å². The van der Waals surface area contributed by atoms with Gasteiger partial charge in [0.15, 0.2) is 0 Å². The van der Waals surface area contributed by atoms with Crippen molar-refractivity contribution in [3.05, 3.63) is 48.5 Å². The van der Waals surface area contributed by atoms with Crippen LogP contribution in [0.2, 0.25) is 0 Å². The molecule has 2 aromatic carbocycles. The third-order valence-electron chi connectivity index (χ3n) is 5.49. The molecule has 4 rings (SSSR count). The number of methoxy groups -OCH3 is 1. The lowest BCUT2D eigenvalue weighted by molar-refractivity contribution is -0.121. The molecule has 3 aromatic rings. The van der Waals surface area contributed by atoms with Crippen LogP contribution in [0.25, 0.3) is 11.5 Å². The van der Waals surface area contributed by atoms with Gasteiger partial charge in [-0.25, -0.2) is 8.42 Å². The second-order valence-electron chi connectivity index (χ2n) is 7.49. The van der Waals surface area contributed by atoms with Crippen molar-refractivity contribution >= 4 is 33.7 Å². The van der Waals surface area contributed by atoms with Crippen LogP contribution in [-0.4, -0.2) is 55.3 Å². The maximum absolute atomic E-state index is 12.9. The summed E-state index contributed by atoms with van der Waals surface area (Å²) in [5, 5.41) is 10.6. The van der Waals surface area contributed by atoms with Gasteiger partial charge in [0.25, 0.3) is 0 Å². The number of carbonyl (C=O) groups excluding carboxylic acids is 1. The Hall–Kier alpha value is -2.89. The Labute approximate surface area is 196 Å². The first-order valence-electron chi connectivity index (χ1n) is 10.3. The topological polar surface area (TPSA) is 115 Å². The number of nitrogens with zero attached hydrogens (tertiary/aromatic N) is 3. The van der Waals surface area contributed by atoms with Crippen molar-refractivity contribution in [3.63, 3.8) is 0 Å². The molecule has 1 amide bonds. The van der Waals surface area contributed by atoms with Gasteiger partial charge < -0.3 is 9.15 Å². The number of thioether (sulfide) groups is 1. The van der Waals surface area contributed by atoms with Crippen LogP contribution in [0, 0.1) is 5.92 Å². The Morgan fingerprint density at radius 3 is 2.55 bits per heavy atom. The summed E-state index contributed by atoms with van der Waals surface area (Å²) in [5.74, 6) is 0.305. The zero-order chi connectivity index (χ0) is 23.4. The van der Waals surface area contributed by atoms with Crippen molar-refractivity contribution in [2.75, 3.05) is 31.8 Å². The van der Waals surface area contributed by atoms with E-state index in [1.165, 1.54) is 23.5 Å². The summed E-state index contributed by atoms with van der Waals surface area (Å²) >= 11 is 1.60. The second-order valence-corrected chi connectivity index (χ2v) is 10.3.